The molecule has 2 aliphatic rings. The number of halogens is 2. The number of benzene rings is 1. The molecule has 0 radical (unpaired) electrons. The quantitative estimate of drug-likeness (QED) is 0.882. The Morgan fingerprint density at radius 2 is 2.04 bits per heavy atom. The summed E-state index contributed by atoms with van der Waals surface area (Å²) in [6.45, 7) is 9.29. The lowest BCUT2D eigenvalue weighted by atomic mass is 9.86. The lowest BCUT2D eigenvalue weighted by molar-refractivity contribution is 0.237. The molecule has 1 aromatic rings. The zero-order valence-electron chi connectivity index (χ0n) is 13.8. The van der Waals surface area contributed by atoms with Crippen LogP contribution in [-0.2, 0) is 0 Å². The maximum Gasteiger partial charge on any atom is 0.156 e. The van der Waals surface area contributed by atoms with E-state index in [1.165, 1.54) is 5.71 Å². The van der Waals surface area contributed by atoms with Crippen LogP contribution in [0, 0.1) is 5.92 Å². The fraction of sp³-hybridized carbons (Fsp3) is 0.588. The van der Waals surface area contributed by atoms with Crippen molar-refractivity contribution in [3.63, 3.8) is 0 Å². The lowest BCUT2D eigenvalue weighted by Crippen LogP contribution is -2.41. The van der Waals surface area contributed by atoms with Crippen molar-refractivity contribution in [1.82, 2.24) is 10.3 Å². The van der Waals surface area contributed by atoms with Crippen molar-refractivity contribution in [3.05, 3.63) is 27.7 Å². The SMILES string of the molecule is CCN1CCC2=NNC(c3cc(Cl)c(OC(C)C)c(Cl)c3)C2C1. The van der Waals surface area contributed by atoms with Gasteiger partial charge < -0.3 is 15.1 Å². The topological polar surface area (TPSA) is 36.9 Å². The smallest absolute Gasteiger partial charge is 0.156 e. The molecule has 1 fully saturated rings. The first-order valence-electron chi connectivity index (χ1n) is 8.19. The van der Waals surface area contributed by atoms with Crippen LogP contribution < -0.4 is 10.2 Å². The van der Waals surface area contributed by atoms with Crippen molar-refractivity contribution in [2.45, 2.75) is 39.3 Å². The van der Waals surface area contributed by atoms with Gasteiger partial charge >= 0.3 is 0 Å². The molecule has 2 unspecified atom stereocenters. The Hall–Kier alpha value is -0.970. The van der Waals surface area contributed by atoms with Gasteiger partial charge in [-0.2, -0.15) is 5.10 Å². The van der Waals surface area contributed by atoms with Crippen molar-refractivity contribution in [1.29, 1.82) is 0 Å². The van der Waals surface area contributed by atoms with Gasteiger partial charge in [0.2, 0.25) is 0 Å². The summed E-state index contributed by atoms with van der Waals surface area (Å²) in [5.74, 6) is 0.942. The fourth-order valence-electron chi connectivity index (χ4n) is 3.31. The Kier molecular flexibility index (Phi) is 5.04. The van der Waals surface area contributed by atoms with Crippen LogP contribution >= 0.6 is 23.2 Å². The van der Waals surface area contributed by atoms with E-state index in [-0.39, 0.29) is 12.1 Å². The molecule has 2 atom stereocenters. The van der Waals surface area contributed by atoms with E-state index in [0.29, 0.717) is 21.7 Å². The summed E-state index contributed by atoms with van der Waals surface area (Å²) in [5, 5.41) is 5.65. The van der Waals surface area contributed by atoms with E-state index >= 15 is 0 Å². The van der Waals surface area contributed by atoms with E-state index in [9.17, 15) is 0 Å². The molecule has 0 aromatic heterocycles. The highest BCUT2D eigenvalue weighted by molar-refractivity contribution is 6.37. The van der Waals surface area contributed by atoms with Crippen LogP contribution in [0.15, 0.2) is 17.2 Å². The third-order valence-corrected chi connectivity index (χ3v) is 5.06. The minimum absolute atomic E-state index is 0.0341. The number of hydrogen-bond acceptors (Lipinski definition) is 4. The second-order valence-electron chi connectivity index (χ2n) is 6.44. The molecular formula is C17H23Cl2N3O. The number of piperidine rings is 1. The van der Waals surface area contributed by atoms with E-state index < -0.39 is 0 Å². The molecule has 3 rings (SSSR count). The summed E-state index contributed by atoms with van der Waals surface area (Å²) in [7, 11) is 0. The Morgan fingerprint density at radius 1 is 1.35 bits per heavy atom. The molecule has 0 saturated carbocycles. The van der Waals surface area contributed by atoms with Crippen LogP contribution in [-0.4, -0.2) is 36.3 Å². The van der Waals surface area contributed by atoms with Gasteiger partial charge in [-0.1, -0.05) is 30.1 Å². The summed E-state index contributed by atoms with van der Waals surface area (Å²) in [5.41, 5.74) is 5.60. The van der Waals surface area contributed by atoms with E-state index in [1.807, 2.05) is 26.0 Å². The summed E-state index contributed by atoms with van der Waals surface area (Å²) in [6.07, 6.45) is 1.06. The number of rotatable bonds is 4. The molecule has 4 nitrogen and oxygen atoms in total. The van der Waals surface area contributed by atoms with Crippen molar-refractivity contribution >= 4 is 28.9 Å². The van der Waals surface area contributed by atoms with Gasteiger partial charge in [0.25, 0.3) is 0 Å². The maximum atomic E-state index is 6.40. The molecule has 0 spiro atoms. The van der Waals surface area contributed by atoms with Gasteiger partial charge in [-0.25, -0.2) is 0 Å². The van der Waals surface area contributed by atoms with Crippen molar-refractivity contribution in [2.24, 2.45) is 11.0 Å². The summed E-state index contributed by atoms with van der Waals surface area (Å²) < 4.78 is 5.71. The molecule has 0 amide bonds. The van der Waals surface area contributed by atoms with Gasteiger partial charge in [0.1, 0.15) is 0 Å². The Morgan fingerprint density at radius 3 is 2.65 bits per heavy atom. The maximum absolute atomic E-state index is 6.40. The van der Waals surface area contributed by atoms with Crippen LogP contribution in [0.25, 0.3) is 0 Å². The van der Waals surface area contributed by atoms with Crippen LogP contribution in [0.1, 0.15) is 38.8 Å². The highest BCUT2D eigenvalue weighted by Gasteiger charge is 2.37. The number of nitrogens with zero attached hydrogens (tertiary/aromatic N) is 2. The predicted octanol–water partition coefficient (Wildman–Crippen LogP) is 4.12. The molecule has 2 heterocycles. The van der Waals surface area contributed by atoms with Crippen LogP contribution in [0.5, 0.6) is 5.75 Å². The minimum Gasteiger partial charge on any atom is -0.488 e. The van der Waals surface area contributed by atoms with Gasteiger partial charge in [-0.3, -0.25) is 0 Å². The summed E-state index contributed by atoms with van der Waals surface area (Å²) >= 11 is 12.8. The van der Waals surface area contributed by atoms with Crippen LogP contribution in [0.4, 0.5) is 0 Å². The van der Waals surface area contributed by atoms with E-state index in [0.717, 1.165) is 31.6 Å². The highest BCUT2D eigenvalue weighted by Crippen LogP contribution is 2.40. The summed E-state index contributed by atoms with van der Waals surface area (Å²) in [6, 6.07) is 4.03. The third kappa shape index (κ3) is 3.44. The van der Waals surface area contributed by atoms with Gasteiger partial charge in [0.15, 0.2) is 5.75 Å². The van der Waals surface area contributed by atoms with Gasteiger partial charge in [0, 0.05) is 31.1 Å². The highest BCUT2D eigenvalue weighted by atomic mass is 35.5. The zero-order chi connectivity index (χ0) is 16.6. The average Bonchev–Trinajstić information content (AvgIpc) is 2.93. The molecule has 2 aliphatic heterocycles. The molecule has 6 heteroatoms. The first-order valence-corrected chi connectivity index (χ1v) is 8.95. The molecule has 1 saturated heterocycles. The number of nitrogens with one attached hydrogen (secondary N) is 1. The second-order valence-corrected chi connectivity index (χ2v) is 7.25. The monoisotopic (exact) mass is 355 g/mol. The zero-order valence-corrected chi connectivity index (χ0v) is 15.3. The second kappa shape index (κ2) is 6.88. The standard InChI is InChI=1S/C17H23Cl2N3O/c1-4-22-6-5-15-12(9-22)16(21-20-15)11-7-13(18)17(14(19)8-11)23-10(2)3/h7-8,10,12,16,21H,4-6,9H2,1-3H3. The van der Waals surface area contributed by atoms with Gasteiger partial charge in [-0.05, 0) is 38.1 Å². The molecule has 0 bridgehead atoms. The Bertz CT molecular complexity index is 595. The summed E-state index contributed by atoms with van der Waals surface area (Å²) in [4.78, 5) is 2.46. The average molecular weight is 356 g/mol. The van der Waals surface area contributed by atoms with Gasteiger partial charge in [-0.15, -0.1) is 0 Å². The van der Waals surface area contributed by atoms with E-state index in [2.05, 4.69) is 22.4 Å². The first kappa shape index (κ1) is 16.9. The van der Waals surface area contributed by atoms with Crippen molar-refractivity contribution < 1.29 is 4.74 Å². The Labute approximate surface area is 147 Å². The van der Waals surface area contributed by atoms with E-state index in [1.54, 1.807) is 0 Å². The van der Waals surface area contributed by atoms with Crippen molar-refractivity contribution in [3.8, 4) is 5.75 Å². The van der Waals surface area contributed by atoms with E-state index in [4.69, 9.17) is 27.9 Å². The molecule has 23 heavy (non-hydrogen) atoms. The number of ether oxygens (including phenoxy) is 1. The van der Waals surface area contributed by atoms with Crippen molar-refractivity contribution in [2.75, 3.05) is 19.6 Å². The van der Waals surface area contributed by atoms with Crippen LogP contribution in [0.3, 0.4) is 0 Å². The molecule has 126 valence electrons. The van der Waals surface area contributed by atoms with Gasteiger partial charge in [0.05, 0.1) is 22.2 Å². The lowest BCUT2D eigenvalue weighted by Gasteiger charge is -2.33. The normalized spacial score (nSPS) is 24.3. The predicted molar refractivity (Wildman–Crippen MR) is 95.8 cm³/mol. The third-order valence-electron chi connectivity index (χ3n) is 4.50. The molecule has 1 N–H and O–H groups in total. The van der Waals surface area contributed by atoms with Crippen LogP contribution in [0.2, 0.25) is 10.0 Å². The number of fused-ring (bicyclic) bond motifs is 1. The first-order chi connectivity index (χ1) is 11.0. The molecule has 1 aromatic carbocycles. The number of likely N-dealkylation sites (tertiary alicyclic amines) is 1. The largest absolute Gasteiger partial charge is 0.488 e. The molecular weight excluding hydrogens is 333 g/mol. The molecule has 0 aliphatic carbocycles. The minimum atomic E-state index is 0.0341. The fourth-order valence-corrected chi connectivity index (χ4v) is 3.91. The Balaban J connectivity index is 1.85. The number of hydrogen-bond donors (Lipinski definition) is 1. The number of hydrazone groups is 1.